The summed E-state index contributed by atoms with van der Waals surface area (Å²) in [6.45, 7) is 2.57. The van der Waals surface area contributed by atoms with Gasteiger partial charge in [0.15, 0.2) is 0 Å². The molecule has 0 amide bonds. The summed E-state index contributed by atoms with van der Waals surface area (Å²) in [5.74, 6) is 0. The summed E-state index contributed by atoms with van der Waals surface area (Å²) in [5, 5.41) is 12.2. The number of benzene rings is 1. The van der Waals surface area contributed by atoms with Crippen molar-refractivity contribution in [3.05, 3.63) is 46.0 Å². The van der Waals surface area contributed by atoms with E-state index in [2.05, 4.69) is 37.3 Å². The van der Waals surface area contributed by atoms with Gasteiger partial charge in [-0.2, -0.15) is 5.26 Å². The van der Waals surface area contributed by atoms with E-state index in [0.29, 0.717) is 12.1 Å². The fraction of sp³-hybridized carbons (Fsp3) is 0.167. The van der Waals surface area contributed by atoms with Gasteiger partial charge in [0, 0.05) is 10.2 Å². The number of rotatable bonds is 3. The van der Waals surface area contributed by atoms with Crippen LogP contribution in [0.2, 0.25) is 0 Å². The number of aryl methyl sites for hydroxylation is 1. The van der Waals surface area contributed by atoms with Gasteiger partial charge < -0.3 is 10.3 Å². The van der Waals surface area contributed by atoms with Crippen LogP contribution in [0.1, 0.15) is 17.0 Å². The molecule has 1 heterocycles. The lowest BCUT2D eigenvalue weighted by molar-refractivity contribution is 1.05. The zero-order valence-corrected chi connectivity index (χ0v) is 10.9. The van der Waals surface area contributed by atoms with E-state index in [-0.39, 0.29) is 0 Å². The maximum Gasteiger partial charge on any atom is 0.101 e. The smallest absolute Gasteiger partial charge is 0.101 e. The number of aromatic amines is 1. The SMILES string of the molecule is Cc1[nH]cnc1CNc1ccc(Br)cc1C#N. The molecule has 0 aliphatic rings. The lowest BCUT2D eigenvalue weighted by Gasteiger charge is -2.07. The molecule has 0 bridgehead atoms. The molecule has 2 aromatic rings. The summed E-state index contributed by atoms with van der Waals surface area (Å²) in [4.78, 5) is 7.21. The van der Waals surface area contributed by atoms with E-state index in [9.17, 15) is 0 Å². The number of hydrogen-bond acceptors (Lipinski definition) is 3. The third-order valence-corrected chi connectivity index (χ3v) is 2.98. The molecule has 4 nitrogen and oxygen atoms in total. The molecule has 0 saturated heterocycles. The highest BCUT2D eigenvalue weighted by Crippen LogP contribution is 2.20. The summed E-state index contributed by atoms with van der Waals surface area (Å²) in [6.07, 6.45) is 1.67. The maximum absolute atomic E-state index is 9.02. The van der Waals surface area contributed by atoms with E-state index in [1.165, 1.54) is 0 Å². The van der Waals surface area contributed by atoms with Crippen molar-refractivity contribution >= 4 is 21.6 Å². The summed E-state index contributed by atoms with van der Waals surface area (Å²) in [6, 6.07) is 7.73. The average molecular weight is 291 g/mol. The quantitative estimate of drug-likeness (QED) is 0.913. The Kier molecular flexibility index (Phi) is 3.45. The van der Waals surface area contributed by atoms with Crippen LogP contribution in [0.4, 0.5) is 5.69 Å². The molecule has 0 unspecified atom stereocenters. The molecule has 0 spiro atoms. The van der Waals surface area contributed by atoms with Crippen LogP contribution in [0.5, 0.6) is 0 Å². The van der Waals surface area contributed by atoms with Crippen LogP contribution in [-0.2, 0) is 6.54 Å². The number of hydrogen-bond donors (Lipinski definition) is 2. The van der Waals surface area contributed by atoms with E-state index < -0.39 is 0 Å². The van der Waals surface area contributed by atoms with Crippen LogP contribution < -0.4 is 5.32 Å². The molecule has 1 aromatic carbocycles. The van der Waals surface area contributed by atoms with Gasteiger partial charge in [-0.05, 0) is 25.1 Å². The molecule has 0 fully saturated rings. The number of anilines is 1. The number of nitrogens with zero attached hydrogens (tertiary/aromatic N) is 2. The number of H-pyrrole nitrogens is 1. The van der Waals surface area contributed by atoms with Gasteiger partial charge in [-0.25, -0.2) is 4.98 Å². The van der Waals surface area contributed by atoms with Gasteiger partial charge in [0.2, 0.25) is 0 Å². The normalized spacial score (nSPS) is 9.94. The minimum atomic E-state index is 0.603. The van der Waals surface area contributed by atoms with Gasteiger partial charge in [0.05, 0.1) is 29.8 Å². The fourth-order valence-corrected chi connectivity index (χ4v) is 1.87. The topological polar surface area (TPSA) is 64.5 Å². The molecule has 1 aromatic heterocycles. The standard InChI is InChI=1S/C12H11BrN4/c1-8-12(17-7-16-8)6-15-11-3-2-10(13)4-9(11)5-14/h2-4,7,15H,6H2,1H3,(H,16,17). The molecule has 0 saturated carbocycles. The van der Waals surface area contributed by atoms with Gasteiger partial charge in [-0.1, -0.05) is 15.9 Å². The van der Waals surface area contributed by atoms with Gasteiger partial charge >= 0.3 is 0 Å². The van der Waals surface area contributed by atoms with Crippen LogP contribution in [0.15, 0.2) is 29.0 Å². The maximum atomic E-state index is 9.02. The number of aromatic nitrogens is 2. The van der Waals surface area contributed by atoms with Crippen LogP contribution in [0, 0.1) is 18.3 Å². The highest BCUT2D eigenvalue weighted by Gasteiger charge is 2.04. The Morgan fingerprint density at radius 2 is 2.35 bits per heavy atom. The van der Waals surface area contributed by atoms with Crippen molar-refractivity contribution in [2.45, 2.75) is 13.5 Å². The van der Waals surface area contributed by atoms with Crippen molar-refractivity contribution in [1.82, 2.24) is 9.97 Å². The highest BCUT2D eigenvalue weighted by molar-refractivity contribution is 9.10. The second-order valence-electron chi connectivity index (χ2n) is 3.63. The average Bonchev–Trinajstić information content (AvgIpc) is 2.73. The highest BCUT2D eigenvalue weighted by atomic mass is 79.9. The first-order chi connectivity index (χ1) is 8.20. The number of nitrogens with one attached hydrogen (secondary N) is 2. The lowest BCUT2D eigenvalue weighted by Crippen LogP contribution is -2.02. The van der Waals surface area contributed by atoms with Crippen LogP contribution >= 0.6 is 15.9 Å². The Balaban J connectivity index is 2.15. The third-order valence-electron chi connectivity index (χ3n) is 2.48. The zero-order chi connectivity index (χ0) is 12.3. The second kappa shape index (κ2) is 5.02. The van der Waals surface area contributed by atoms with E-state index in [1.54, 1.807) is 12.4 Å². The van der Waals surface area contributed by atoms with E-state index >= 15 is 0 Å². The Morgan fingerprint density at radius 3 is 3.00 bits per heavy atom. The Morgan fingerprint density at radius 1 is 1.53 bits per heavy atom. The van der Waals surface area contributed by atoms with Crippen LogP contribution in [0.3, 0.4) is 0 Å². The monoisotopic (exact) mass is 290 g/mol. The van der Waals surface area contributed by atoms with Gasteiger partial charge in [0.1, 0.15) is 6.07 Å². The Hall–Kier alpha value is -1.80. The Labute approximate surface area is 108 Å². The van der Waals surface area contributed by atoms with Gasteiger partial charge in [0.25, 0.3) is 0 Å². The van der Waals surface area contributed by atoms with Crippen molar-refractivity contribution < 1.29 is 0 Å². The van der Waals surface area contributed by atoms with E-state index in [4.69, 9.17) is 5.26 Å². The third kappa shape index (κ3) is 2.66. The Bertz CT molecular complexity index is 568. The molecule has 17 heavy (non-hydrogen) atoms. The first kappa shape index (κ1) is 11.7. The molecule has 0 radical (unpaired) electrons. The molecule has 0 aliphatic carbocycles. The molecule has 86 valence electrons. The van der Waals surface area contributed by atoms with Crippen molar-refractivity contribution in [1.29, 1.82) is 5.26 Å². The van der Waals surface area contributed by atoms with Crippen molar-refractivity contribution in [3.8, 4) is 6.07 Å². The first-order valence-corrected chi connectivity index (χ1v) is 5.92. The van der Waals surface area contributed by atoms with Crippen LogP contribution in [0.25, 0.3) is 0 Å². The predicted molar refractivity (Wildman–Crippen MR) is 69.5 cm³/mol. The minimum absolute atomic E-state index is 0.603. The van der Waals surface area contributed by atoms with E-state index in [1.807, 2.05) is 19.1 Å². The molecular weight excluding hydrogens is 280 g/mol. The summed E-state index contributed by atoms with van der Waals surface area (Å²) in [5.41, 5.74) is 3.43. The summed E-state index contributed by atoms with van der Waals surface area (Å²) >= 11 is 3.34. The van der Waals surface area contributed by atoms with Crippen molar-refractivity contribution in [3.63, 3.8) is 0 Å². The lowest BCUT2D eigenvalue weighted by atomic mass is 10.2. The molecule has 0 atom stereocenters. The molecule has 5 heteroatoms. The molecular formula is C12H11BrN4. The molecule has 2 N–H and O–H groups in total. The zero-order valence-electron chi connectivity index (χ0n) is 9.29. The number of halogens is 1. The van der Waals surface area contributed by atoms with E-state index in [0.717, 1.165) is 21.5 Å². The largest absolute Gasteiger partial charge is 0.378 e. The van der Waals surface area contributed by atoms with Gasteiger partial charge in [-0.3, -0.25) is 0 Å². The summed E-state index contributed by atoms with van der Waals surface area (Å²) in [7, 11) is 0. The minimum Gasteiger partial charge on any atom is -0.378 e. The fourth-order valence-electron chi connectivity index (χ4n) is 1.51. The number of imidazole rings is 1. The molecule has 2 rings (SSSR count). The van der Waals surface area contributed by atoms with Gasteiger partial charge in [-0.15, -0.1) is 0 Å². The predicted octanol–water partition coefficient (Wildman–Crippen LogP) is 2.96. The summed E-state index contributed by atoms with van der Waals surface area (Å²) < 4.78 is 0.899. The number of nitriles is 1. The van der Waals surface area contributed by atoms with Crippen molar-refractivity contribution in [2.75, 3.05) is 5.32 Å². The second-order valence-corrected chi connectivity index (χ2v) is 4.55. The van der Waals surface area contributed by atoms with Crippen molar-refractivity contribution in [2.24, 2.45) is 0 Å². The first-order valence-electron chi connectivity index (χ1n) is 5.13. The van der Waals surface area contributed by atoms with Crippen LogP contribution in [-0.4, -0.2) is 9.97 Å². The molecule has 0 aliphatic heterocycles.